The SMILES string of the molecule is CC[C@H](C)[C@H](N)C(=O)N(C)CC(=O)NC(C)C. The topological polar surface area (TPSA) is 75.4 Å². The van der Waals surface area contributed by atoms with Gasteiger partial charge in [-0.15, -0.1) is 0 Å². The Morgan fingerprint density at radius 2 is 1.82 bits per heavy atom. The Morgan fingerprint density at radius 3 is 2.24 bits per heavy atom. The number of nitrogens with one attached hydrogen (secondary N) is 1. The summed E-state index contributed by atoms with van der Waals surface area (Å²) in [6.07, 6.45) is 0.846. The summed E-state index contributed by atoms with van der Waals surface area (Å²) < 4.78 is 0. The van der Waals surface area contributed by atoms with Gasteiger partial charge in [0.1, 0.15) is 0 Å². The van der Waals surface area contributed by atoms with E-state index >= 15 is 0 Å². The van der Waals surface area contributed by atoms with Crippen LogP contribution in [0.2, 0.25) is 0 Å². The van der Waals surface area contributed by atoms with Crippen molar-refractivity contribution in [2.75, 3.05) is 13.6 Å². The number of nitrogens with zero attached hydrogens (tertiary/aromatic N) is 1. The maximum absolute atomic E-state index is 11.9. The van der Waals surface area contributed by atoms with E-state index in [1.54, 1.807) is 7.05 Å². The first kappa shape index (κ1) is 15.9. The molecule has 0 saturated carbocycles. The number of likely N-dealkylation sites (N-methyl/N-ethyl adjacent to an activating group) is 1. The smallest absolute Gasteiger partial charge is 0.239 e. The van der Waals surface area contributed by atoms with Gasteiger partial charge in [0, 0.05) is 13.1 Å². The van der Waals surface area contributed by atoms with Gasteiger partial charge in [-0.25, -0.2) is 0 Å². The average molecular weight is 243 g/mol. The molecule has 0 unspecified atom stereocenters. The van der Waals surface area contributed by atoms with Crippen LogP contribution in [-0.4, -0.2) is 42.4 Å². The lowest BCUT2D eigenvalue weighted by Crippen LogP contribution is -2.49. The Hall–Kier alpha value is -1.10. The maximum atomic E-state index is 11.9. The van der Waals surface area contributed by atoms with Crippen molar-refractivity contribution in [1.29, 1.82) is 0 Å². The van der Waals surface area contributed by atoms with E-state index in [1.165, 1.54) is 4.90 Å². The number of rotatable bonds is 6. The summed E-state index contributed by atoms with van der Waals surface area (Å²) in [6, 6.07) is -0.453. The number of carbonyl (C=O) groups is 2. The van der Waals surface area contributed by atoms with Crippen LogP contribution in [0.3, 0.4) is 0 Å². The molecule has 0 aromatic heterocycles. The molecule has 0 spiro atoms. The summed E-state index contributed by atoms with van der Waals surface area (Å²) in [5.74, 6) is -0.219. The molecule has 100 valence electrons. The molecule has 0 bridgehead atoms. The molecule has 0 radical (unpaired) electrons. The van der Waals surface area contributed by atoms with E-state index in [9.17, 15) is 9.59 Å². The summed E-state index contributed by atoms with van der Waals surface area (Å²) in [4.78, 5) is 24.8. The number of nitrogens with two attached hydrogens (primary N) is 1. The van der Waals surface area contributed by atoms with E-state index in [0.29, 0.717) is 0 Å². The molecular formula is C12H25N3O2. The van der Waals surface area contributed by atoms with Crippen molar-refractivity contribution in [2.24, 2.45) is 11.7 Å². The van der Waals surface area contributed by atoms with Gasteiger partial charge in [-0.1, -0.05) is 20.3 Å². The number of carbonyl (C=O) groups excluding carboxylic acids is 2. The van der Waals surface area contributed by atoms with E-state index < -0.39 is 6.04 Å². The van der Waals surface area contributed by atoms with Gasteiger partial charge < -0.3 is 16.0 Å². The van der Waals surface area contributed by atoms with Gasteiger partial charge >= 0.3 is 0 Å². The fourth-order valence-electron chi connectivity index (χ4n) is 1.41. The molecule has 0 aliphatic rings. The number of hydrogen-bond acceptors (Lipinski definition) is 3. The van der Waals surface area contributed by atoms with Gasteiger partial charge in [-0.2, -0.15) is 0 Å². The van der Waals surface area contributed by atoms with Crippen molar-refractivity contribution in [3.63, 3.8) is 0 Å². The molecule has 0 fully saturated rings. The van der Waals surface area contributed by atoms with Crippen molar-refractivity contribution in [2.45, 2.75) is 46.2 Å². The van der Waals surface area contributed by atoms with E-state index in [0.717, 1.165) is 6.42 Å². The molecule has 2 atom stereocenters. The molecule has 0 aromatic rings. The molecule has 17 heavy (non-hydrogen) atoms. The Balaban J connectivity index is 4.27. The van der Waals surface area contributed by atoms with E-state index in [2.05, 4.69) is 5.32 Å². The third-order valence-electron chi connectivity index (χ3n) is 2.75. The Labute approximate surface area is 104 Å². The summed E-state index contributed by atoms with van der Waals surface area (Å²) in [6.45, 7) is 7.74. The van der Waals surface area contributed by atoms with Gasteiger partial charge in [-0.3, -0.25) is 9.59 Å². The highest BCUT2D eigenvalue weighted by Crippen LogP contribution is 2.07. The Morgan fingerprint density at radius 1 is 1.29 bits per heavy atom. The van der Waals surface area contributed by atoms with Crippen LogP contribution in [0.4, 0.5) is 0 Å². The first-order valence-corrected chi connectivity index (χ1v) is 6.09. The third-order valence-corrected chi connectivity index (χ3v) is 2.75. The van der Waals surface area contributed by atoms with Gasteiger partial charge in [0.05, 0.1) is 12.6 Å². The molecular weight excluding hydrogens is 218 g/mol. The van der Waals surface area contributed by atoms with Crippen LogP contribution in [0, 0.1) is 5.92 Å². The third kappa shape index (κ3) is 5.68. The standard InChI is InChI=1S/C12H25N3O2/c1-6-9(4)11(13)12(17)15(5)7-10(16)14-8(2)3/h8-9,11H,6-7,13H2,1-5H3,(H,14,16)/t9-,11-/m0/s1. The predicted octanol–water partition coefficient (Wildman–Crippen LogP) is 0.343. The second kappa shape index (κ2) is 7.27. The van der Waals surface area contributed by atoms with Crippen LogP contribution in [0.15, 0.2) is 0 Å². The largest absolute Gasteiger partial charge is 0.352 e. The summed E-state index contributed by atoms with van der Waals surface area (Å²) in [5, 5.41) is 2.74. The normalized spacial score (nSPS) is 14.3. The van der Waals surface area contributed by atoms with Gasteiger partial charge in [0.15, 0.2) is 0 Å². The van der Waals surface area contributed by atoms with Crippen molar-refractivity contribution in [3.8, 4) is 0 Å². The molecule has 0 aliphatic heterocycles. The molecule has 0 heterocycles. The van der Waals surface area contributed by atoms with Crippen LogP contribution < -0.4 is 11.1 Å². The molecule has 0 saturated heterocycles. The minimum Gasteiger partial charge on any atom is -0.352 e. The van der Waals surface area contributed by atoms with Gasteiger partial charge in [-0.05, 0) is 19.8 Å². The molecule has 0 aromatic carbocycles. The quantitative estimate of drug-likeness (QED) is 0.706. The first-order valence-electron chi connectivity index (χ1n) is 6.09. The molecule has 0 rings (SSSR count). The maximum Gasteiger partial charge on any atom is 0.239 e. The fraction of sp³-hybridized carbons (Fsp3) is 0.833. The fourth-order valence-corrected chi connectivity index (χ4v) is 1.41. The van der Waals surface area contributed by atoms with Crippen molar-refractivity contribution in [3.05, 3.63) is 0 Å². The van der Waals surface area contributed by atoms with Gasteiger partial charge in [0.2, 0.25) is 11.8 Å². The van der Waals surface area contributed by atoms with Crippen LogP contribution in [0.1, 0.15) is 34.1 Å². The lowest BCUT2D eigenvalue weighted by molar-refractivity contribution is -0.136. The zero-order chi connectivity index (χ0) is 13.6. The van der Waals surface area contributed by atoms with E-state index in [4.69, 9.17) is 5.73 Å². The molecule has 5 heteroatoms. The Kier molecular flexibility index (Phi) is 6.80. The minimum absolute atomic E-state index is 0.0567. The first-order chi connectivity index (χ1) is 7.79. The average Bonchev–Trinajstić information content (AvgIpc) is 2.24. The molecule has 3 N–H and O–H groups in total. The molecule has 0 aliphatic carbocycles. The summed E-state index contributed by atoms with van der Waals surface area (Å²) >= 11 is 0. The van der Waals surface area contributed by atoms with Crippen LogP contribution in [0.5, 0.6) is 0 Å². The van der Waals surface area contributed by atoms with Crippen LogP contribution in [0.25, 0.3) is 0 Å². The highest BCUT2D eigenvalue weighted by Gasteiger charge is 2.23. The summed E-state index contributed by atoms with van der Waals surface area (Å²) in [7, 11) is 1.60. The second-order valence-electron chi connectivity index (χ2n) is 4.83. The highest BCUT2D eigenvalue weighted by molar-refractivity contribution is 5.87. The van der Waals surface area contributed by atoms with Crippen LogP contribution >= 0.6 is 0 Å². The van der Waals surface area contributed by atoms with Crippen molar-refractivity contribution in [1.82, 2.24) is 10.2 Å². The van der Waals surface area contributed by atoms with E-state index in [-0.39, 0.29) is 30.3 Å². The molecule has 5 nitrogen and oxygen atoms in total. The highest BCUT2D eigenvalue weighted by atomic mass is 16.2. The zero-order valence-corrected chi connectivity index (χ0v) is 11.5. The molecule has 2 amide bonds. The predicted molar refractivity (Wildman–Crippen MR) is 68.3 cm³/mol. The van der Waals surface area contributed by atoms with E-state index in [1.807, 2.05) is 27.7 Å². The van der Waals surface area contributed by atoms with Crippen molar-refractivity contribution < 1.29 is 9.59 Å². The second-order valence-corrected chi connectivity index (χ2v) is 4.83. The lowest BCUT2D eigenvalue weighted by atomic mass is 9.99. The minimum atomic E-state index is -0.531. The lowest BCUT2D eigenvalue weighted by Gasteiger charge is -2.24. The van der Waals surface area contributed by atoms with Gasteiger partial charge in [0.25, 0.3) is 0 Å². The number of amides is 2. The van der Waals surface area contributed by atoms with Crippen LogP contribution in [-0.2, 0) is 9.59 Å². The monoisotopic (exact) mass is 243 g/mol. The number of hydrogen-bond donors (Lipinski definition) is 2. The summed E-state index contributed by atoms with van der Waals surface area (Å²) in [5.41, 5.74) is 5.83. The zero-order valence-electron chi connectivity index (χ0n) is 11.5. The van der Waals surface area contributed by atoms with Crippen molar-refractivity contribution >= 4 is 11.8 Å². The Bertz CT molecular complexity index is 266.